The summed E-state index contributed by atoms with van der Waals surface area (Å²) in [5, 5.41) is 0. The van der Waals surface area contributed by atoms with E-state index in [9.17, 15) is 0 Å². The van der Waals surface area contributed by atoms with Gasteiger partial charge in [-0.2, -0.15) is 0 Å². The zero-order chi connectivity index (χ0) is 31.3. The lowest BCUT2D eigenvalue weighted by Crippen LogP contribution is -1.96. The van der Waals surface area contributed by atoms with Gasteiger partial charge in [0.1, 0.15) is 11.5 Å². The SMILES string of the molecule is [B]CCCOc1ccc(-c2c3nc(cc4ccc([nH]4)c(-c4ccc(OCCCC)cc4)c4nc(cc5ccc2[nH]5)C=C4)C=C3)cc1. The quantitative estimate of drug-likeness (QED) is 0.121. The number of benzene rings is 2. The van der Waals surface area contributed by atoms with Crippen LogP contribution in [0.2, 0.25) is 6.32 Å². The van der Waals surface area contributed by atoms with E-state index in [1.807, 2.05) is 24.3 Å². The highest BCUT2D eigenvalue weighted by atomic mass is 16.5. The van der Waals surface area contributed by atoms with E-state index in [0.29, 0.717) is 12.9 Å². The Morgan fingerprint density at radius 2 is 1.07 bits per heavy atom. The number of aromatic amines is 2. The van der Waals surface area contributed by atoms with E-state index in [0.717, 1.165) is 104 Å². The molecule has 7 rings (SSSR count). The number of ether oxygens (including phenoxy) is 2. The van der Waals surface area contributed by atoms with Crippen molar-refractivity contribution in [2.24, 2.45) is 0 Å². The lowest BCUT2D eigenvalue weighted by atomic mass is 10.0. The zero-order valence-corrected chi connectivity index (χ0v) is 25.9. The van der Waals surface area contributed by atoms with Crippen molar-refractivity contribution in [3.63, 3.8) is 0 Å². The van der Waals surface area contributed by atoms with Crippen LogP contribution >= 0.6 is 0 Å². The van der Waals surface area contributed by atoms with Gasteiger partial charge < -0.3 is 19.4 Å². The first-order chi connectivity index (χ1) is 22.7. The summed E-state index contributed by atoms with van der Waals surface area (Å²) in [4.78, 5) is 17.4. The van der Waals surface area contributed by atoms with Gasteiger partial charge in [-0.3, -0.25) is 0 Å². The number of fused-ring (bicyclic) bond motifs is 8. The summed E-state index contributed by atoms with van der Waals surface area (Å²) in [5.74, 6) is 1.70. The minimum Gasteiger partial charge on any atom is -0.494 e. The van der Waals surface area contributed by atoms with E-state index in [4.69, 9.17) is 27.3 Å². The standard InChI is InChI=1S/C39H35BN4O2/c1-2-3-22-45-32-13-5-26(6-14-32)38-34-17-9-28(41-34)24-30-11-19-36(43-30)39(27-7-15-33(16-8-27)46-23-4-21-40)37-20-12-31(44-37)25-29-10-18-35(38)42-29/h5-20,24-25,41,44H,2-4,21-23H2,1H3. The lowest BCUT2D eigenvalue weighted by Gasteiger charge is -2.08. The molecule has 2 radical (unpaired) electrons. The number of nitrogens with one attached hydrogen (secondary N) is 2. The Morgan fingerprint density at radius 3 is 1.52 bits per heavy atom. The van der Waals surface area contributed by atoms with Gasteiger partial charge in [-0.1, -0.05) is 43.9 Å². The molecule has 3 aromatic heterocycles. The summed E-state index contributed by atoms with van der Waals surface area (Å²) in [6.07, 6.45) is 11.8. The molecule has 0 unspecified atom stereocenters. The Balaban J connectivity index is 1.37. The molecule has 7 heteroatoms. The van der Waals surface area contributed by atoms with Crippen LogP contribution in [0.1, 0.15) is 49.0 Å². The van der Waals surface area contributed by atoms with E-state index in [1.54, 1.807) is 0 Å². The van der Waals surface area contributed by atoms with Crippen LogP contribution in [0.25, 0.3) is 68.6 Å². The summed E-state index contributed by atoms with van der Waals surface area (Å²) in [6, 6.07) is 29.0. The van der Waals surface area contributed by atoms with Crippen molar-refractivity contribution in [1.29, 1.82) is 0 Å². The summed E-state index contributed by atoms with van der Waals surface area (Å²) in [7, 11) is 5.62. The second-order valence-electron chi connectivity index (χ2n) is 11.4. The molecule has 2 N–H and O–H groups in total. The van der Waals surface area contributed by atoms with E-state index >= 15 is 0 Å². The molecule has 2 aromatic carbocycles. The van der Waals surface area contributed by atoms with E-state index < -0.39 is 0 Å². The summed E-state index contributed by atoms with van der Waals surface area (Å²) < 4.78 is 11.8. The maximum absolute atomic E-state index is 5.93. The Bertz CT molecular complexity index is 1920. The number of hydrogen-bond acceptors (Lipinski definition) is 4. The maximum Gasteiger partial charge on any atom is 0.119 e. The largest absolute Gasteiger partial charge is 0.494 e. The molecule has 0 aliphatic carbocycles. The van der Waals surface area contributed by atoms with Crippen LogP contribution in [0.15, 0.2) is 84.9 Å². The van der Waals surface area contributed by atoms with Gasteiger partial charge in [-0.15, -0.1) is 0 Å². The third kappa shape index (κ3) is 6.40. The molecule has 2 aliphatic rings. The summed E-state index contributed by atoms with van der Waals surface area (Å²) >= 11 is 0. The molecule has 0 amide bonds. The van der Waals surface area contributed by atoms with Gasteiger partial charge in [0.25, 0.3) is 0 Å². The van der Waals surface area contributed by atoms with Crippen molar-refractivity contribution in [3.05, 3.63) is 108 Å². The molecule has 6 nitrogen and oxygen atoms in total. The first-order valence-corrected chi connectivity index (χ1v) is 15.9. The minimum absolute atomic E-state index is 0.601. The van der Waals surface area contributed by atoms with E-state index in [2.05, 4.69) is 102 Å². The van der Waals surface area contributed by atoms with E-state index in [-0.39, 0.29) is 0 Å². The predicted molar refractivity (Wildman–Crippen MR) is 191 cm³/mol. The fourth-order valence-electron chi connectivity index (χ4n) is 5.72. The van der Waals surface area contributed by atoms with Gasteiger partial charge in [0, 0.05) is 33.2 Å². The molecule has 0 saturated heterocycles. The molecule has 2 aliphatic heterocycles. The van der Waals surface area contributed by atoms with Crippen molar-refractivity contribution >= 4 is 54.2 Å². The van der Waals surface area contributed by atoms with Gasteiger partial charge in [0.05, 0.1) is 43.8 Å². The number of aromatic nitrogens is 4. The van der Waals surface area contributed by atoms with Crippen LogP contribution in [0.4, 0.5) is 0 Å². The van der Waals surface area contributed by atoms with Gasteiger partial charge >= 0.3 is 0 Å². The predicted octanol–water partition coefficient (Wildman–Crippen LogP) is 9.52. The van der Waals surface area contributed by atoms with Crippen molar-refractivity contribution in [2.75, 3.05) is 13.2 Å². The smallest absolute Gasteiger partial charge is 0.119 e. The van der Waals surface area contributed by atoms with Crippen molar-refractivity contribution in [3.8, 4) is 33.8 Å². The first-order valence-electron chi connectivity index (χ1n) is 15.9. The van der Waals surface area contributed by atoms with Gasteiger partial charge in [-0.25, -0.2) is 9.97 Å². The third-order valence-electron chi connectivity index (χ3n) is 8.07. The Hall–Kier alpha value is -5.30. The second kappa shape index (κ2) is 13.4. The second-order valence-corrected chi connectivity index (χ2v) is 11.4. The molecule has 0 fully saturated rings. The molecule has 5 aromatic rings. The van der Waals surface area contributed by atoms with Crippen LogP contribution in [-0.2, 0) is 0 Å². The third-order valence-corrected chi connectivity index (χ3v) is 8.07. The fourth-order valence-corrected chi connectivity index (χ4v) is 5.72. The number of unbranched alkanes of at least 4 members (excludes halogenated alkanes) is 1. The molecule has 8 bridgehead atoms. The normalized spacial score (nSPS) is 12.0. The molecule has 0 saturated carbocycles. The Labute approximate surface area is 270 Å². The monoisotopic (exact) mass is 602 g/mol. The molecular formula is C39H35BN4O2. The molecule has 5 heterocycles. The van der Waals surface area contributed by atoms with Crippen LogP contribution in [-0.4, -0.2) is 41.0 Å². The Kier molecular flexibility index (Phi) is 8.55. The molecule has 46 heavy (non-hydrogen) atoms. The van der Waals surface area contributed by atoms with Crippen LogP contribution in [0, 0.1) is 0 Å². The highest BCUT2D eigenvalue weighted by Gasteiger charge is 2.14. The number of hydrogen-bond donors (Lipinski definition) is 2. The molecule has 0 spiro atoms. The van der Waals surface area contributed by atoms with Crippen LogP contribution < -0.4 is 9.47 Å². The topological polar surface area (TPSA) is 75.8 Å². The van der Waals surface area contributed by atoms with Crippen molar-refractivity contribution in [1.82, 2.24) is 19.9 Å². The van der Waals surface area contributed by atoms with E-state index in [1.165, 1.54) is 0 Å². The van der Waals surface area contributed by atoms with Gasteiger partial charge in [0.15, 0.2) is 0 Å². The van der Waals surface area contributed by atoms with Crippen LogP contribution in [0.5, 0.6) is 11.5 Å². The lowest BCUT2D eigenvalue weighted by molar-refractivity contribution is 0.309. The average molecular weight is 603 g/mol. The Morgan fingerprint density at radius 1 is 0.587 bits per heavy atom. The van der Waals surface area contributed by atoms with Gasteiger partial charge in [0.2, 0.25) is 0 Å². The number of rotatable bonds is 10. The highest BCUT2D eigenvalue weighted by Crippen LogP contribution is 2.33. The molecule has 0 atom stereocenters. The number of nitrogens with zero attached hydrogens (tertiary/aromatic N) is 2. The highest BCUT2D eigenvalue weighted by molar-refractivity contribution is 6.08. The first kappa shape index (κ1) is 29.4. The summed E-state index contributed by atoms with van der Waals surface area (Å²) in [5.41, 5.74) is 11.6. The van der Waals surface area contributed by atoms with Crippen molar-refractivity contribution in [2.45, 2.75) is 32.5 Å². The zero-order valence-electron chi connectivity index (χ0n) is 25.9. The minimum atomic E-state index is 0.601. The molecular weight excluding hydrogens is 567 g/mol. The maximum atomic E-state index is 5.93. The number of H-pyrrole nitrogens is 2. The van der Waals surface area contributed by atoms with Crippen LogP contribution in [0.3, 0.4) is 0 Å². The summed E-state index contributed by atoms with van der Waals surface area (Å²) in [6.45, 7) is 3.49. The average Bonchev–Trinajstić information content (AvgIpc) is 3.90. The fraction of sp³-hybridized carbons (Fsp3) is 0.179. The molecule has 226 valence electrons. The van der Waals surface area contributed by atoms with Crippen molar-refractivity contribution < 1.29 is 9.47 Å². The van der Waals surface area contributed by atoms with Gasteiger partial charge in [-0.05, 0) is 109 Å².